The van der Waals surface area contributed by atoms with E-state index in [-0.39, 0.29) is 11.7 Å². The smallest absolute Gasteiger partial charge is 0.250 e. The minimum Gasteiger partial charge on any atom is -0.272 e. The highest BCUT2D eigenvalue weighted by Gasteiger charge is 2.09. The first kappa shape index (κ1) is 20.8. The van der Waals surface area contributed by atoms with Gasteiger partial charge in [0.1, 0.15) is 0 Å². The molecular weight excluding hydrogens is 434 g/mol. The Kier molecular flexibility index (Phi) is 7.84. The van der Waals surface area contributed by atoms with Gasteiger partial charge in [-0.1, -0.05) is 70.7 Å². The molecule has 0 atom stereocenters. The summed E-state index contributed by atoms with van der Waals surface area (Å²) in [6, 6.07) is 11.4. The molecule has 1 amide bonds. The van der Waals surface area contributed by atoms with Gasteiger partial charge in [-0.3, -0.25) is 9.78 Å². The molecule has 0 saturated carbocycles. The molecule has 144 valence electrons. The lowest BCUT2D eigenvalue weighted by atomic mass is 10.2. The Hall–Kier alpha value is -1.94. The molecule has 0 bridgehead atoms. The lowest BCUT2D eigenvalue weighted by molar-refractivity contribution is -0.118. The molecule has 3 rings (SSSR count). The van der Waals surface area contributed by atoms with E-state index < -0.39 is 0 Å². The van der Waals surface area contributed by atoms with Gasteiger partial charge in [-0.15, -0.1) is 10.2 Å². The fraction of sp³-hybridized carbons (Fsp3) is 0.167. The predicted molar refractivity (Wildman–Crippen MR) is 116 cm³/mol. The maximum absolute atomic E-state index is 12.0. The molecular formula is C18H16ClN5OS3. The summed E-state index contributed by atoms with van der Waals surface area (Å²) in [7, 11) is 0. The van der Waals surface area contributed by atoms with Crippen molar-refractivity contribution in [1.82, 2.24) is 20.6 Å². The molecule has 6 nitrogen and oxygen atoms in total. The fourth-order valence-corrected chi connectivity index (χ4v) is 5.11. The number of hydrazone groups is 1. The molecule has 0 radical (unpaired) electrons. The molecule has 1 aromatic carbocycles. The molecule has 0 saturated heterocycles. The molecule has 0 spiro atoms. The van der Waals surface area contributed by atoms with Gasteiger partial charge in [-0.05, 0) is 24.6 Å². The molecule has 10 heteroatoms. The SMILES string of the molecule is CC(=NNC(=O)CSc1nnc(SCc2ccccc2Cl)s1)c1cccnc1. The standard InChI is InChI=1S/C18H16ClN5OS3/c1-12(13-6-4-8-20-9-13)21-22-16(25)11-27-18-24-23-17(28-18)26-10-14-5-2-3-7-15(14)19/h2-9H,10-11H2,1H3,(H,22,25). The van der Waals surface area contributed by atoms with E-state index in [9.17, 15) is 4.79 Å². The quantitative estimate of drug-likeness (QED) is 0.309. The summed E-state index contributed by atoms with van der Waals surface area (Å²) in [6.07, 6.45) is 3.39. The van der Waals surface area contributed by atoms with Crippen LogP contribution in [-0.4, -0.2) is 32.6 Å². The van der Waals surface area contributed by atoms with Gasteiger partial charge in [0.2, 0.25) is 0 Å². The molecule has 0 fully saturated rings. The number of pyridine rings is 1. The maximum Gasteiger partial charge on any atom is 0.250 e. The normalized spacial score (nSPS) is 11.4. The molecule has 28 heavy (non-hydrogen) atoms. The average Bonchev–Trinajstić information content (AvgIpc) is 3.18. The lowest BCUT2D eigenvalue weighted by Gasteiger charge is -2.01. The summed E-state index contributed by atoms with van der Waals surface area (Å²) in [4.78, 5) is 16.0. The molecule has 0 aliphatic carbocycles. The highest BCUT2D eigenvalue weighted by atomic mass is 35.5. The first-order valence-electron chi connectivity index (χ1n) is 8.18. The number of aromatic nitrogens is 3. The number of amides is 1. The Labute approximate surface area is 180 Å². The number of thioether (sulfide) groups is 2. The number of benzene rings is 1. The summed E-state index contributed by atoms with van der Waals surface area (Å²) in [5.41, 5.74) is 5.16. The van der Waals surface area contributed by atoms with Crippen molar-refractivity contribution in [3.63, 3.8) is 0 Å². The number of nitrogens with zero attached hydrogens (tertiary/aromatic N) is 4. The van der Waals surface area contributed by atoms with Crippen LogP contribution in [0.1, 0.15) is 18.1 Å². The zero-order valence-corrected chi connectivity index (χ0v) is 18.0. The van der Waals surface area contributed by atoms with E-state index in [0.29, 0.717) is 5.71 Å². The Morgan fingerprint density at radius 3 is 2.71 bits per heavy atom. The second-order valence-corrected chi connectivity index (χ2v) is 9.31. The number of nitrogens with one attached hydrogen (secondary N) is 1. The molecule has 0 aliphatic rings. The molecule has 2 aromatic heterocycles. The summed E-state index contributed by atoms with van der Waals surface area (Å²) < 4.78 is 1.58. The largest absolute Gasteiger partial charge is 0.272 e. The van der Waals surface area contributed by atoms with Crippen molar-refractivity contribution in [3.8, 4) is 0 Å². The maximum atomic E-state index is 12.0. The van der Waals surface area contributed by atoms with Gasteiger partial charge in [0.05, 0.1) is 11.5 Å². The van der Waals surface area contributed by atoms with Crippen molar-refractivity contribution >= 4 is 58.1 Å². The Morgan fingerprint density at radius 2 is 1.96 bits per heavy atom. The molecule has 0 aliphatic heterocycles. The topological polar surface area (TPSA) is 80.1 Å². The van der Waals surface area contributed by atoms with Crippen LogP contribution in [0.3, 0.4) is 0 Å². The Bertz CT molecular complexity index is 965. The third-order valence-electron chi connectivity index (χ3n) is 3.45. The minimum absolute atomic E-state index is 0.200. The first-order valence-corrected chi connectivity index (χ1v) is 11.3. The monoisotopic (exact) mass is 449 g/mol. The van der Waals surface area contributed by atoms with E-state index in [4.69, 9.17) is 11.6 Å². The van der Waals surface area contributed by atoms with Crippen LogP contribution in [0.15, 0.2) is 62.6 Å². The third-order valence-corrected chi connectivity index (χ3v) is 7.06. The van der Waals surface area contributed by atoms with Crippen LogP contribution in [0.4, 0.5) is 0 Å². The zero-order valence-electron chi connectivity index (χ0n) is 14.8. The van der Waals surface area contributed by atoms with E-state index >= 15 is 0 Å². The second kappa shape index (κ2) is 10.6. The number of hydrogen-bond acceptors (Lipinski definition) is 8. The molecule has 1 N–H and O–H groups in total. The van der Waals surface area contributed by atoms with Crippen LogP contribution >= 0.6 is 46.5 Å². The van der Waals surface area contributed by atoms with Crippen molar-refractivity contribution in [2.75, 3.05) is 5.75 Å². The number of carbonyl (C=O) groups excluding carboxylic acids is 1. The Balaban J connectivity index is 1.45. The fourth-order valence-electron chi connectivity index (χ4n) is 2.02. The van der Waals surface area contributed by atoms with Gasteiger partial charge >= 0.3 is 0 Å². The van der Waals surface area contributed by atoms with Gasteiger partial charge < -0.3 is 0 Å². The van der Waals surface area contributed by atoms with Gasteiger partial charge in [-0.25, -0.2) is 5.43 Å². The van der Waals surface area contributed by atoms with Crippen LogP contribution < -0.4 is 5.43 Å². The summed E-state index contributed by atoms with van der Waals surface area (Å²) >= 11 is 10.5. The van der Waals surface area contributed by atoms with Gasteiger partial charge in [0.15, 0.2) is 8.68 Å². The highest BCUT2D eigenvalue weighted by Crippen LogP contribution is 2.32. The zero-order chi connectivity index (χ0) is 19.8. The van der Waals surface area contributed by atoms with Crippen LogP contribution in [0, 0.1) is 0 Å². The van der Waals surface area contributed by atoms with Gasteiger partial charge in [0, 0.05) is 28.7 Å². The van der Waals surface area contributed by atoms with Crippen LogP contribution in [-0.2, 0) is 10.5 Å². The van der Waals surface area contributed by atoms with Gasteiger partial charge in [-0.2, -0.15) is 5.10 Å². The lowest BCUT2D eigenvalue weighted by Crippen LogP contribution is -2.21. The van der Waals surface area contributed by atoms with Crippen molar-refractivity contribution in [2.45, 2.75) is 21.4 Å². The van der Waals surface area contributed by atoms with Crippen LogP contribution in [0.25, 0.3) is 0 Å². The highest BCUT2D eigenvalue weighted by molar-refractivity contribution is 8.03. The first-order chi connectivity index (χ1) is 13.6. The van der Waals surface area contributed by atoms with Gasteiger partial charge in [0.25, 0.3) is 5.91 Å². The second-order valence-electron chi connectivity index (χ2n) is 5.48. The van der Waals surface area contributed by atoms with E-state index in [0.717, 1.165) is 30.6 Å². The Morgan fingerprint density at radius 1 is 1.18 bits per heavy atom. The molecule has 0 unspecified atom stereocenters. The van der Waals surface area contributed by atoms with E-state index in [2.05, 4.69) is 25.7 Å². The minimum atomic E-state index is -0.200. The number of carbonyl (C=O) groups is 1. The third kappa shape index (κ3) is 6.30. The summed E-state index contributed by atoms with van der Waals surface area (Å²) in [5.74, 6) is 0.740. The summed E-state index contributed by atoms with van der Waals surface area (Å²) in [6.45, 7) is 1.82. The average molecular weight is 450 g/mol. The predicted octanol–water partition coefficient (Wildman–Crippen LogP) is 4.51. The van der Waals surface area contributed by atoms with Crippen LogP contribution in [0.2, 0.25) is 5.02 Å². The van der Waals surface area contributed by atoms with Crippen molar-refractivity contribution in [2.24, 2.45) is 5.10 Å². The number of halogens is 1. The summed E-state index contributed by atoms with van der Waals surface area (Å²) in [5, 5.41) is 13.1. The van der Waals surface area contributed by atoms with Crippen molar-refractivity contribution in [1.29, 1.82) is 0 Å². The number of rotatable bonds is 8. The van der Waals surface area contributed by atoms with Crippen molar-refractivity contribution in [3.05, 3.63) is 64.9 Å². The number of hydrogen-bond donors (Lipinski definition) is 1. The van der Waals surface area contributed by atoms with E-state index in [1.54, 1.807) is 24.2 Å². The van der Waals surface area contributed by atoms with E-state index in [1.807, 2.05) is 43.3 Å². The molecule has 3 aromatic rings. The van der Waals surface area contributed by atoms with E-state index in [1.165, 1.54) is 23.1 Å². The van der Waals surface area contributed by atoms with Crippen LogP contribution in [0.5, 0.6) is 0 Å². The van der Waals surface area contributed by atoms with Crippen molar-refractivity contribution < 1.29 is 4.79 Å². The molecule has 2 heterocycles.